The molecular weight excluding hydrogens is 474 g/mol. The van der Waals surface area contributed by atoms with Crippen LogP contribution in [0.15, 0.2) is 49.1 Å². The first-order valence-electron chi connectivity index (χ1n) is 10.3. The van der Waals surface area contributed by atoms with Crippen molar-refractivity contribution in [3.8, 4) is 0 Å². The fourth-order valence-corrected chi connectivity index (χ4v) is 4.74. The number of hydrogen-bond donors (Lipinski definition) is 3. The first-order valence-corrected chi connectivity index (χ1v) is 11.4. The Hall–Kier alpha value is -4.09. The van der Waals surface area contributed by atoms with E-state index in [1.54, 1.807) is 18.5 Å². The summed E-state index contributed by atoms with van der Waals surface area (Å²) in [7, 11) is 0. The normalized spacial score (nSPS) is 11.6. The zero-order valence-electron chi connectivity index (χ0n) is 17.5. The topological polar surface area (TPSA) is 140 Å². The van der Waals surface area contributed by atoms with Gasteiger partial charge < -0.3 is 20.6 Å². The Labute approximate surface area is 201 Å². The van der Waals surface area contributed by atoms with Gasteiger partial charge in [-0.25, -0.2) is 15.0 Å². The number of nitrogens with two attached hydrogens (primary N) is 1. The van der Waals surface area contributed by atoms with E-state index in [4.69, 9.17) is 17.3 Å². The molecule has 0 unspecified atom stereocenters. The number of amides is 1. The van der Waals surface area contributed by atoms with Gasteiger partial charge in [0.1, 0.15) is 17.4 Å². The van der Waals surface area contributed by atoms with Gasteiger partial charge in [0, 0.05) is 21.7 Å². The minimum Gasteiger partial charge on any atom is -0.382 e. The molecule has 6 rings (SSSR count). The number of benzene rings is 2. The summed E-state index contributed by atoms with van der Waals surface area (Å²) in [5.41, 5.74) is 11.1. The number of aromatic amines is 1. The van der Waals surface area contributed by atoms with E-state index in [2.05, 4.69) is 34.8 Å². The zero-order valence-corrected chi connectivity index (χ0v) is 19.1. The van der Waals surface area contributed by atoms with Gasteiger partial charge in [-0.15, -0.1) is 5.10 Å². The Morgan fingerprint density at radius 1 is 1.18 bits per heavy atom. The second-order valence-electron chi connectivity index (χ2n) is 7.77. The fraction of sp³-hybridized carbons (Fsp3) is 0.0909. The summed E-state index contributed by atoms with van der Waals surface area (Å²) in [4.78, 5) is 28.7. The van der Waals surface area contributed by atoms with E-state index in [1.807, 2.05) is 28.8 Å². The summed E-state index contributed by atoms with van der Waals surface area (Å²) >= 11 is 7.70. The third-order valence-corrected chi connectivity index (χ3v) is 6.47. The quantitative estimate of drug-likeness (QED) is 0.336. The third-order valence-electron chi connectivity index (χ3n) is 5.55. The van der Waals surface area contributed by atoms with Gasteiger partial charge in [-0.05, 0) is 53.5 Å². The van der Waals surface area contributed by atoms with Crippen molar-refractivity contribution in [3.63, 3.8) is 0 Å². The lowest BCUT2D eigenvalue weighted by Gasteiger charge is -2.07. The average Bonchev–Trinajstić information content (AvgIpc) is 3.56. The first kappa shape index (κ1) is 20.5. The number of H-pyrrole nitrogens is 1. The molecule has 4 heterocycles. The van der Waals surface area contributed by atoms with Gasteiger partial charge in [0.05, 0.1) is 29.6 Å². The number of rotatable bonds is 5. The van der Waals surface area contributed by atoms with Crippen LogP contribution < -0.4 is 11.1 Å². The van der Waals surface area contributed by atoms with Gasteiger partial charge in [-0.3, -0.25) is 4.79 Å². The number of aromatic nitrogens is 7. The minimum absolute atomic E-state index is 0.186. The molecule has 2 aromatic carbocycles. The second-order valence-corrected chi connectivity index (χ2v) is 8.99. The van der Waals surface area contributed by atoms with Crippen molar-refractivity contribution >= 4 is 67.1 Å². The fourth-order valence-electron chi connectivity index (χ4n) is 3.95. The van der Waals surface area contributed by atoms with Crippen LogP contribution >= 0.6 is 23.1 Å². The zero-order chi connectivity index (χ0) is 23.2. The van der Waals surface area contributed by atoms with Crippen molar-refractivity contribution in [3.05, 3.63) is 70.9 Å². The van der Waals surface area contributed by atoms with E-state index in [0.29, 0.717) is 46.2 Å². The highest BCUT2D eigenvalue weighted by Gasteiger charge is 2.13. The number of anilines is 1. The molecule has 0 spiro atoms. The number of carbonyl (C=O) groups is 1. The summed E-state index contributed by atoms with van der Waals surface area (Å²) in [6.45, 7) is 0.813. The van der Waals surface area contributed by atoms with Gasteiger partial charge in [0.2, 0.25) is 0 Å². The van der Waals surface area contributed by atoms with E-state index in [9.17, 15) is 4.79 Å². The van der Waals surface area contributed by atoms with E-state index in [1.165, 1.54) is 17.9 Å². The molecule has 0 aliphatic rings. The highest BCUT2D eigenvalue weighted by molar-refractivity contribution is 7.12. The Morgan fingerprint density at radius 3 is 3.00 bits per heavy atom. The number of imidazole rings is 1. The van der Waals surface area contributed by atoms with Crippen LogP contribution in [0.3, 0.4) is 0 Å². The highest BCUT2D eigenvalue weighted by Crippen LogP contribution is 2.27. The SMILES string of the molecule is Nc1ncnc2c1ncn2Cc1cc(Cl)cc2cc(CNC(=O)c3ccc4snnc4c3)[nH]c12. The molecule has 0 atom stereocenters. The number of nitrogens with one attached hydrogen (secondary N) is 2. The Bertz CT molecular complexity index is 1700. The molecule has 0 aliphatic heterocycles. The molecule has 4 N–H and O–H groups in total. The Kier molecular flexibility index (Phi) is 4.85. The summed E-state index contributed by atoms with van der Waals surface area (Å²) in [5, 5.41) is 8.54. The van der Waals surface area contributed by atoms with Crippen molar-refractivity contribution in [2.75, 3.05) is 5.73 Å². The van der Waals surface area contributed by atoms with Crippen LogP contribution in [0.25, 0.3) is 32.3 Å². The molecule has 6 aromatic rings. The molecular formula is C22H16ClN9OS. The minimum atomic E-state index is -0.186. The summed E-state index contributed by atoms with van der Waals surface area (Å²) in [5.74, 6) is 0.150. The third kappa shape index (κ3) is 3.60. The van der Waals surface area contributed by atoms with Gasteiger partial charge >= 0.3 is 0 Å². The largest absolute Gasteiger partial charge is 0.382 e. The van der Waals surface area contributed by atoms with Crippen LogP contribution in [-0.2, 0) is 13.1 Å². The molecule has 0 fully saturated rings. The lowest BCUT2D eigenvalue weighted by atomic mass is 10.1. The smallest absolute Gasteiger partial charge is 0.251 e. The lowest BCUT2D eigenvalue weighted by Crippen LogP contribution is -2.22. The van der Waals surface area contributed by atoms with Crippen LogP contribution in [-0.4, -0.2) is 40.0 Å². The molecule has 10 nitrogen and oxygen atoms in total. The standard InChI is InChI=1S/C22H16ClN9OS/c23-14-3-12-5-15(7-25-22(33)11-1-2-17-16(6-11)30-31-34-17)29-18(12)13(4-14)8-32-10-28-19-20(24)26-9-27-21(19)32/h1-6,9-10,29H,7-8H2,(H,25,33)(H2,24,26,27). The van der Waals surface area contributed by atoms with Crippen molar-refractivity contribution in [2.45, 2.75) is 13.1 Å². The molecule has 0 aliphatic carbocycles. The Morgan fingerprint density at radius 2 is 2.09 bits per heavy atom. The molecule has 0 saturated carbocycles. The van der Waals surface area contributed by atoms with E-state index in [-0.39, 0.29) is 5.91 Å². The number of nitrogen functional groups attached to an aromatic ring is 1. The summed E-state index contributed by atoms with van der Waals surface area (Å²) < 4.78 is 6.74. The molecule has 34 heavy (non-hydrogen) atoms. The van der Waals surface area contributed by atoms with E-state index >= 15 is 0 Å². The maximum Gasteiger partial charge on any atom is 0.251 e. The Balaban J connectivity index is 1.26. The van der Waals surface area contributed by atoms with Crippen molar-refractivity contribution in [2.24, 2.45) is 0 Å². The molecule has 0 radical (unpaired) electrons. The van der Waals surface area contributed by atoms with Gasteiger partial charge in [-0.2, -0.15) is 0 Å². The summed E-state index contributed by atoms with van der Waals surface area (Å²) in [6, 6.07) is 11.1. The number of hydrogen-bond acceptors (Lipinski definition) is 8. The van der Waals surface area contributed by atoms with Gasteiger partial charge in [-0.1, -0.05) is 16.1 Å². The van der Waals surface area contributed by atoms with Crippen LogP contribution in [0.5, 0.6) is 0 Å². The number of nitrogens with zero attached hydrogens (tertiary/aromatic N) is 6. The van der Waals surface area contributed by atoms with E-state index in [0.717, 1.165) is 26.9 Å². The number of halogens is 1. The molecule has 168 valence electrons. The monoisotopic (exact) mass is 489 g/mol. The summed E-state index contributed by atoms with van der Waals surface area (Å²) in [6.07, 6.45) is 3.10. The predicted octanol–water partition coefficient (Wildman–Crippen LogP) is 3.53. The van der Waals surface area contributed by atoms with Crippen molar-refractivity contribution in [1.82, 2.24) is 39.4 Å². The second kappa shape index (κ2) is 8.04. The lowest BCUT2D eigenvalue weighted by molar-refractivity contribution is 0.0950. The van der Waals surface area contributed by atoms with Crippen LogP contribution in [0.1, 0.15) is 21.6 Å². The maximum absolute atomic E-state index is 12.7. The van der Waals surface area contributed by atoms with Gasteiger partial charge in [0.15, 0.2) is 11.5 Å². The molecule has 0 saturated heterocycles. The maximum atomic E-state index is 12.7. The average molecular weight is 490 g/mol. The first-order chi connectivity index (χ1) is 16.5. The molecule has 1 amide bonds. The molecule has 0 bridgehead atoms. The number of fused-ring (bicyclic) bond motifs is 3. The number of carbonyl (C=O) groups excluding carboxylic acids is 1. The van der Waals surface area contributed by atoms with Crippen molar-refractivity contribution < 1.29 is 4.79 Å². The highest BCUT2D eigenvalue weighted by atomic mass is 35.5. The molecule has 12 heteroatoms. The molecule has 4 aromatic heterocycles. The predicted molar refractivity (Wildman–Crippen MR) is 131 cm³/mol. The van der Waals surface area contributed by atoms with Crippen LogP contribution in [0.2, 0.25) is 5.02 Å². The van der Waals surface area contributed by atoms with Crippen LogP contribution in [0.4, 0.5) is 5.82 Å². The van der Waals surface area contributed by atoms with Crippen molar-refractivity contribution in [1.29, 1.82) is 0 Å². The van der Waals surface area contributed by atoms with Gasteiger partial charge in [0.25, 0.3) is 5.91 Å². The van der Waals surface area contributed by atoms with E-state index < -0.39 is 0 Å². The van der Waals surface area contributed by atoms with Crippen LogP contribution in [0, 0.1) is 0 Å².